The number of carbonyl (C=O) groups excluding carboxylic acids is 1. The summed E-state index contributed by atoms with van der Waals surface area (Å²) < 4.78 is 0. The van der Waals surface area contributed by atoms with E-state index in [0.29, 0.717) is 11.4 Å². The standard InChI is InChI=1S/C13H10N2O/c16-10-13-8-4-7-12(15-13)9-14-11-5-2-1-3-6-11/h1-10H/b14-9+. The van der Waals surface area contributed by atoms with Crippen LogP contribution in [0.4, 0.5) is 5.69 Å². The maximum Gasteiger partial charge on any atom is 0.168 e. The molecule has 0 aliphatic rings. The average Bonchev–Trinajstić information content (AvgIpc) is 2.38. The third-order valence-corrected chi connectivity index (χ3v) is 2.02. The van der Waals surface area contributed by atoms with Crippen LogP contribution < -0.4 is 0 Å². The van der Waals surface area contributed by atoms with E-state index >= 15 is 0 Å². The van der Waals surface area contributed by atoms with E-state index in [1.165, 1.54) is 0 Å². The van der Waals surface area contributed by atoms with E-state index in [1.54, 1.807) is 24.4 Å². The smallest absolute Gasteiger partial charge is 0.168 e. The first kappa shape index (κ1) is 10.2. The molecule has 0 aliphatic carbocycles. The van der Waals surface area contributed by atoms with Crippen molar-refractivity contribution in [2.75, 3.05) is 0 Å². The maximum atomic E-state index is 10.5. The van der Waals surface area contributed by atoms with Gasteiger partial charge < -0.3 is 0 Å². The summed E-state index contributed by atoms with van der Waals surface area (Å²) >= 11 is 0. The molecule has 1 aromatic carbocycles. The van der Waals surface area contributed by atoms with Gasteiger partial charge >= 0.3 is 0 Å². The fourth-order valence-corrected chi connectivity index (χ4v) is 1.26. The molecule has 0 aliphatic heterocycles. The number of para-hydroxylation sites is 1. The Labute approximate surface area is 93.5 Å². The first-order chi connectivity index (χ1) is 7.88. The zero-order valence-electron chi connectivity index (χ0n) is 8.58. The average molecular weight is 210 g/mol. The van der Waals surface area contributed by atoms with Crippen molar-refractivity contribution in [3.05, 3.63) is 59.9 Å². The van der Waals surface area contributed by atoms with Crippen molar-refractivity contribution < 1.29 is 4.79 Å². The molecule has 0 fully saturated rings. The van der Waals surface area contributed by atoms with Crippen molar-refractivity contribution in [2.24, 2.45) is 4.99 Å². The van der Waals surface area contributed by atoms with E-state index < -0.39 is 0 Å². The van der Waals surface area contributed by atoms with Gasteiger partial charge in [-0.05, 0) is 24.3 Å². The van der Waals surface area contributed by atoms with Crippen LogP contribution >= 0.6 is 0 Å². The van der Waals surface area contributed by atoms with Crippen molar-refractivity contribution >= 4 is 18.2 Å². The monoisotopic (exact) mass is 210 g/mol. The largest absolute Gasteiger partial charge is 0.296 e. The van der Waals surface area contributed by atoms with E-state index in [2.05, 4.69) is 9.98 Å². The van der Waals surface area contributed by atoms with Gasteiger partial charge in [-0.3, -0.25) is 9.79 Å². The fraction of sp³-hybridized carbons (Fsp3) is 0. The van der Waals surface area contributed by atoms with Gasteiger partial charge in [0.05, 0.1) is 17.6 Å². The Morgan fingerprint density at radius 1 is 0.938 bits per heavy atom. The predicted molar refractivity (Wildman–Crippen MR) is 63.3 cm³/mol. The molecule has 0 amide bonds. The summed E-state index contributed by atoms with van der Waals surface area (Å²) in [6, 6.07) is 14.8. The highest BCUT2D eigenvalue weighted by atomic mass is 16.1. The predicted octanol–water partition coefficient (Wildman–Crippen LogP) is 2.64. The number of aldehydes is 1. The van der Waals surface area contributed by atoms with Gasteiger partial charge in [0.2, 0.25) is 0 Å². The second-order valence-corrected chi connectivity index (χ2v) is 3.20. The molecule has 16 heavy (non-hydrogen) atoms. The fourth-order valence-electron chi connectivity index (χ4n) is 1.26. The lowest BCUT2D eigenvalue weighted by Crippen LogP contribution is -1.91. The molecule has 1 aromatic heterocycles. The first-order valence-electron chi connectivity index (χ1n) is 4.90. The van der Waals surface area contributed by atoms with Crippen LogP contribution in [0.3, 0.4) is 0 Å². The Kier molecular flexibility index (Phi) is 3.18. The van der Waals surface area contributed by atoms with Gasteiger partial charge in [0, 0.05) is 0 Å². The molecule has 0 radical (unpaired) electrons. The Balaban J connectivity index is 2.20. The van der Waals surface area contributed by atoms with E-state index in [-0.39, 0.29) is 0 Å². The number of aliphatic imine (C=N–C) groups is 1. The van der Waals surface area contributed by atoms with Gasteiger partial charge in [0.15, 0.2) is 6.29 Å². The second kappa shape index (κ2) is 4.98. The number of hydrogen-bond acceptors (Lipinski definition) is 3. The number of benzene rings is 1. The third-order valence-electron chi connectivity index (χ3n) is 2.02. The van der Waals surface area contributed by atoms with Crippen LogP contribution in [0.2, 0.25) is 0 Å². The molecule has 3 nitrogen and oxygen atoms in total. The number of rotatable bonds is 3. The van der Waals surface area contributed by atoms with Crippen molar-refractivity contribution in [1.29, 1.82) is 0 Å². The van der Waals surface area contributed by atoms with Gasteiger partial charge in [-0.25, -0.2) is 4.98 Å². The maximum absolute atomic E-state index is 10.5. The lowest BCUT2D eigenvalue weighted by molar-refractivity contribution is 0.111. The number of carbonyl (C=O) groups is 1. The van der Waals surface area contributed by atoms with E-state index in [4.69, 9.17) is 0 Å². The highest BCUT2D eigenvalue weighted by Gasteiger charge is 1.93. The minimum absolute atomic E-state index is 0.414. The summed E-state index contributed by atoms with van der Waals surface area (Å²) in [5.41, 5.74) is 1.95. The van der Waals surface area contributed by atoms with E-state index in [9.17, 15) is 4.79 Å². The molecule has 0 bridgehead atoms. The van der Waals surface area contributed by atoms with Crippen molar-refractivity contribution in [3.63, 3.8) is 0 Å². The zero-order valence-corrected chi connectivity index (χ0v) is 8.58. The summed E-state index contributed by atoms with van der Waals surface area (Å²) in [5.74, 6) is 0. The van der Waals surface area contributed by atoms with E-state index in [0.717, 1.165) is 12.0 Å². The van der Waals surface area contributed by atoms with Crippen molar-refractivity contribution in [3.8, 4) is 0 Å². The summed E-state index contributed by atoms with van der Waals surface area (Å²) in [6.07, 6.45) is 2.36. The SMILES string of the molecule is O=Cc1cccc(/C=N/c2ccccc2)n1. The molecule has 1 heterocycles. The molecule has 0 saturated heterocycles. The lowest BCUT2D eigenvalue weighted by atomic mass is 10.3. The van der Waals surface area contributed by atoms with Crippen LogP contribution in [0, 0.1) is 0 Å². The van der Waals surface area contributed by atoms with Crippen LogP contribution in [0.15, 0.2) is 53.5 Å². The molecule has 2 rings (SSSR count). The topological polar surface area (TPSA) is 42.3 Å². The molecular weight excluding hydrogens is 200 g/mol. The highest BCUT2D eigenvalue weighted by molar-refractivity contribution is 5.81. The minimum atomic E-state index is 0.414. The summed E-state index contributed by atoms with van der Waals surface area (Å²) in [5, 5.41) is 0. The number of aromatic nitrogens is 1. The van der Waals surface area contributed by atoms with Crippen molar-refractivity contribution in [2.45, 2.75) is 0 Å². The van der Waals surface area contributed by atoms with Gasteiger partial charge in [-0.2, -0.15) is 0 Å². The second-order valence-electron chi connectivity index (χ2n) is 3.20. The van der Waals surface area contributed by atoms with E-state index in [1.807, 2.05) is 30.3 Å². The summed E-state index contributed by atoms with van der Waals surface area (Å²) in [7, 11) is 0. The van der Waals surface area contributed by atoms with Crippen LogP contribution in [0.25, 0.3) is 0 Å². The first-order valence-corrected chi connectivity index (χ1v) is 4.90. The molecule has 2 aromatic rings. The Bertz CT molecular complexity index is 506. The number of nitrogens with zero attached hydrogens (tertiary/aromatic N) is 2. The van der Waals surface area contributed by atoms with Gasteiger partial charge in [-0.1, -0.05) is 24.3 Å². The summed E-state index contributed by atoms with van der Waals surface area (Å²) in [4.78, 5) is 18.9. The van der Waals surface area contributed by atoms with Gasteiger partial charge in [0.25, 0.3) is 0 Å². The molecule has 0 spiro atoms. The molecule has 0 saturated carbocycles. The van der Waals surface area contributed by atoms with Gasteiger partial charge in [-0.15, -0.1) is 0 Å². The lowest BCUT2D eigenvalue weighted by Gasteiger charge is -1.94. The van der Waals surface area contributed by atoms with Gasteiger partial charge in [0.1, 0.15) is 5.69 Å². The summed E-state index contributed by atoms with van der Waals surface area (Å²) in [6.45, 7) is 0. The molecule has 0 unspecified atom stereocenters. The Morgan fingerprint density at radius 2 is 1.69 bits per heavy atom. The molecular formula is C13H10N2O. The normalized spacial score (nSPS) is 10.5. The Hall–Kier alpha value is -2.29. The zero-order chi connectivity index (χ0) is 11.2. The highest BCUT2D eigenvalue weighted by Crippen LogP contribution is 2.09. The molecule has 0 atom stereocenters. The van der Waals surface area contributed by atoms with Crippen LogP contribution in [0.5, 0.6) is 0 Å². The number of hydrogen-bond donors (Lipinski definition) is 0. The molecule has 0 N–H and O–H groups in total. The minimum Gasteiger partial charge on any atom is -0.296 e. The van der Waals surface area contributed by atoms with Crippen LogP contribution in [-0.4, -0.2) is 17.5 Å². The van der Waals surface area contributed by atoms with Crippen molar-refractivity contribution in [1.82, 2.24) is 4.98 Å². The quantitative estimate of drug-likeness (QED) is 0.577. The third kappa shape index (κ3) is 2.60. The molecule has 78 valence electrons. The Morgan fingerprint density at radius 3 is 2.44 bits per heavy atom. The van der Waals surface area contributed by atoms with Crippen LogP contribution in [0.1, 0.15) is 16.2 Å². The number of pyridine rings is 1. The van der Waals surface area contributed by atoms with Crippen LogP contribution in [-0.2, 0) is 0 Å². The molecule has 3 heteroatoms.